The number of likely N-dealkylation sites (tertiary alicyclic amines) is 1. The fourth-order valence-corrected chi connectivity index (χ4v) is 3.10. The van der Waals surface area contributed by atoms with Crippen LogP contribution in [0, 0.1) is 6.92 Å². The highest BCUT2D eigenvalue weighted by atomic mass is 15.1. The quantitative estimate of drug-likeness (QED) is 0.775. The van der Waals surface area contributed by atoms with Crippen LogP contribution in [-0.4, -0.2) is 29.5 Å². The van der Waals surface area contributed by atoms with Crippen molar-refractivity contribution >= 4 is 11.6 Å². The van der Waals surface area contributed by atoms with Crippen LogP contribution in [0.5, 0.6) is 0 Å². The van der Waals surface area contributed by atoms with Crippen molar-refractivity contribution in [3.05, 3.63) is 77.1 Å². The molecule has 124 valence electrons. The number of benzene rings is 1. The molecule has 1 aliphatic heterocycles. The standard InChI is InChI=1S/C22H26N2/c1-3-7-20-8-6-9-22(23-20)21(14-17-24-15-4-5-16-24)19-12-10-18(2)11-13-19/h3,6-14H,4-5,15-17H2,1-2H3/b7-3+,21-14+/i1T. The Kier molecular flexibility index (Phi) is 5.16. The number of pyridine rings is 1. The first-order chi connectivity index (χ1) is 12.3. The van der Waals surface area contributed by atoms with Crippen molar-refractivity contribution in [2.45, 2.75) is 26.7 Å². The first kappa shape index (κ1) is 15.3. The molecular weight excluding hydrogens is 292 g/mol. The fourth-order valence-electron chi connectivity index (χ4n) is 3.10. The molecule has 0 aliphatic carbocycles. The summed E-state index contributed by atoms with van der Waals surface area (Å²) >= 11 is 0. The number of aryl methyl sites for hydroxylation is 1. The van der Waals surface area contributed by atoms with Crippen LogP contribution in [0.1, 0.15) is 43.6 Å². The van der Waals surface area contributed by atoms with E-state index in [1.54, 1.807) is 0 Å². The van der Waals surface area contributed by atoms with Gasteiger partial charge >= 0.3 is 0 Å². The molecular formula is C22H26N2. The van der Waals surface area contributed by atoms with E-state index >= 15 is 0 Å². The molecule has 1 aliphatic rings. The smallest absolute Gasteiger partial charge is 0.0712 e. The van der Waals surface area contributed by atoms with E-state index in [4.69, 9.17) is 6.35 Å². The van der Waals surface area contributed by atoms with Crippen LogP contribution in [0.3, 0.4) is 0 Å². The van der Waals surface area contributed by atoms with Gasteiger partial charge in [0.1, 0.15) is 0 Å². The molecule has 0 spiro atoms. The summed E-state index contributed by atoms with van der Waals surface area (Å²) in [4.78, 5) is 7.30. The van der Waals surface area contributed by atoms with Gasteiger partial charge in [0, 0.05) is 13.5 Å². The normalized spacial score (nSPS) is 16.7. The van der Waals surface area contributed by atoms with Gasteiger partial charge in [-0.25, -0.2) is 4.98 Å². The maximum Gasteiger partial charge on any atom is 0.0712 e. The van der Waals surface area contributed by atoms with Gasteiger partial charge in [-0.1, -0.05) is 48.0 Å². The van der Waals surface area contributed by atoms with Gasteiger partial charge in [0.2, 0.25) is 0 Å². The molecule has 0 N–H and O–H groups in total. The Morgan fingerprint density at radius 1 is 1.17 bits per heavy atom. The summed E-state index contributed by atoms with van der Waals surface area (Å²) in [5, 5.41) is 0. The molecule has 0 saturated carbocycles. The van der Waals surface area contributed by atoms with Crippen molar-refractivity contribution in [3.63, 3.8) is 0 Å². The van der Waals surface area contributed by atoms with Crippen molar-refractivity contribution in [2.24, 2.45) is 0 Å². The summed E-state index contributed by atoms with van der Waals surface area (Å²) in [5.41, 5.74) is 5.56. The van der Waals surface area contributed by atoms with Gasteiger partial charge in [-0.2, -0.15) is 0 Å². The van der Waals surface area contributed by atoms with E-state index in [-0.39, 0.29) is 6.90 Å². The molecule has 0 radical (unpaired) electrons. The number of nitrogens with zero attached hydrogens (tertiary/aromatic N) is 2. The van der Waals surface area contributed by atoms with E-state index in [9.17, 15) is 0 Å². The minimum atomic E-state index is 0.279. The molecule has 24 heavy (non-hydrogen) atoms. The fraction of sp³-hybridized carbons (Fsp3) is 0.318. The molecule has 2 heterocycles. The third-order valence-electron chi connectivity index (χ3n) is 4.45. The Morgan fingerprint density at radius 2 is 1.96 bits per heavy atom. The molecule has 3 rings (SSSR count). The number of allylic oxidation sites excluding steroid dienone is 1. The van der Waals surface area contributed by atoms with Crippen LogP contribution in [0.2, 0.25) is 0 Å². The van der Waals surface area contributed by atoms with E-state index in [0.29, 0.717) is 0 Å². The molecule has 1 aromatic carbocycles. The lowest BCUT2D eigenvalue weighted by Crippen LogP contribution is -2.19. The van der Waals surface area contributed by atoms with Crippen molar-refractivity contribution < 1.29 is 1.37 Å². The van der Waals surface area contributed by atoms with Gasteiger partial charge in [0.15, 0.2) is 0 Å². The summed E-state index contributed by atoms with van der Waals surface area (Å²) in [5.74, 6) is 0. The van der Waals surface area contributed by atoms with Gasteiger partial charge < -0.3 is 0 Å². The topological polar surface area (TPSA) is 16.1 Å². The van der Waals surface area contributed by atoms with E-state index in [1.165, 1.54) is 42.6 Å². The third-order valence-corrected chi connectivity index (χ3v) is 4.45. The van der Waals surface area contributed by atoms with Crippen LogP contribution in [0.25, 0.3) is 11.6 Å². The molecule has 2 heteroatoms. The summed E-state index contributed by atoms with van der Waals surface area (Å²) in [6, 6.07) is 14.8. The number of rotatable bonds is 5. The number of hydrogen-bond donors (Lipinski definition) is 0. The van der Waals surface area contributed by atoms with Crippen LogP contribution in [0.4, 0.5) is 0 Å². The Morgan fingerprint density at radius 3 is 2.71 bits per heavy atom. The predicted molar refractivity (Wildman–Crippen MR) is 103 cm³/mol. The van der Waals surface area contributed by atoms with E-state index < -0.39 is 0 Å². The molecule has 1 fully saturated rings. The van der Waals surface area contributed by atoms with E-state index in [2.05, 4.69) is 48.2 Å². The zero-order chi connectivity index (χ0) is 17.5. The van der Waals surface area contributed by atoms with E-state index in [0.717, 1.165) is 17.9 Å². The largest absolute Gasteiger partial charge is 0.300 e. The highest BCUT2D eigenvalue weighted by Crippen LogP contribution is 2.23. The Labute approximate surface area is 147 Å². The third kappa shape index (κ3) is 4.21. The average Bonchev–Trinajstić information content (AvgIpc) is 3.15. The van der Waals surface area contributed by atoms with Gasteiger partial charge in [-0.05, 0) is 63.5 Å². The van der Waals surface area contributed by atoms with Gasteiger partial charge in [0.05, 0.1) is 11.4 Å². The molecule has 0 bridgehead atoms. The highest BCUT2D eigenvalue weighted by molar-refractivity contribution is 5.78. The van der Waals surface area contributed by atoms with E-state index in [1.807, 2.05) is 24.3 Å². The zero-order valence-corrected chi connectivity index (χ0v) is 14.4. The van der Waals surface area contributed by atoms with Gasteiger partial charge in [-0.3, -0.25) is 4.90 Å². The molecule has 1 aromatic heterocycles. The molecule has 0 amide bonds. The molecule has 0 unspecified atom stereocenters. The summed E-state index contributed by atoms with van der Waals surface area (Å²) < 4.78 is 7.27. The SMILES string of the molecule is [3H]C/C=C/c1cccc(/C(=C/CN2CCCC2)c2ccc(C)cc2)n1. The first-order valence-electron chi connectivity index (χ1n) is 9.40. The maximum atomic E-state index is 7.27. The van der Waals surface area contributed by atoms with Crippen LogP contribution < -0.4 is 0 Å². The highest BCUT2D eigenvalue weighted by Gasteiger charge is 2.12. The van der Waals surface area contributed by atoms with Crippen LogP contribution in [0.15, 0.2) is 54.6 Å². The monoisotopic (exact) mass is 320 g/mol. The lowest BCUT2D eigenvalue weighted by molar-refractivity contribution is 0.377. The zero-order valence-electron chi connectivity index (χ0n) is 15.4. The molecule has 2 nitrogen and oxygen atoms in total. The minimum absolute atomic E-state index is 0.279. The predicted octanol–water partition coefficient (Wildman–Crippen LogP) is 4.95. The summed E-state index contributed by atoms with van der Waals surface area (Å²) in [7, 11) is 0. The van der Waals surface area contributed by atoms with Crippen LogP contribution >= 0.6 is 0 Å². The Hall–Kier alpha value is -2.19. The second kappa shape index (κ2) is 8.07. The van der Waals surface area contributed by atoms with Gasteiger partial charge in [-0.15, -0.1) is 0 Å². The Bertz CT molecular complexity index is 741. The lowest BCUT2D eigenvalue weighted by atomic mass is 10.00. The van der Waals surface area contributed by atoms with Crippen LogP contribution in [-0.2, 0) is 0 Å². The van der Waals surface area contributed by atoms with Crippen molar-refractivity contribution in [3.8, 4) is 0 Å². The van der Waals surface area contributed by atoms with Crippen molar-refractivity contribution in [1.29, 1.82) is 0 Å². The minimum Gasteiger partial charge on any atom is -0.300 e. The van der Waals surface area contributed by atoms with Gasteiger partial charge in [0.25, 0.3) is 0 Å². The number of hydrogen-bond acceptors (Lipinski definition) is 2. The summed E-state index contributed by atoms with van der Waals surface area (Å²) in [6.45, 7) is 5.75. The lowest BCUT2D eigenvalue weighted by Gasteiger charge is -2.14. The maximum absolute atomic E-state index is 7.27. The molecule has 1 saturated heterocycles. The Balaban J connectivity index is 1.93. The first-order valence-corrected chi connectivity index (χ1v) is 8.69. The summed E-state index contributed by atoms with van der Waals surface area (Å²) in [6.07, 6.45) is 8.67. The second-order valence-corrected chi connectivity index (χ2v) is 6.34. The van der Waals surface area contributed by atoms with Crippen molar-refractivity contribution in [2.75, 3.05) is 19.6 Å². The number of aromatic nitrogens is 1. The average molecular weight is 320 g/mol. The molecule has 0 atom stereocenters. The second-order valence-electron chi connectivity index (χ2n) is 6.34. The molecule has 2 aromatic rings. The van der Waals surface area contributed by atoms with Crippen molar-refractivity contribution in [1.82, 2.24) is 9.88 Å².